The second-order valence-electron chi connectivity index (χ2n) is 7.84. The molecular formula is C18H30N2O. The van der Waals surface area contributed by atoms with Crippen LogP contribution in [0.25, 0.3) is 0 Å². The standard InChI is InChI=1S/C18H30N2O/c1-12-7-13(2)14(3)20(10-12)17-9-15(11-21)8-16(19-17)18(4,5)6/h8-9,12-14,21H,7,10-11H2,1-6H3. The summed E-state index contributed by atoms with van der Waals surface area (Å²) in [5, 5.41) is 9.57. The summed E-state index contributed by atoms with van der Waals surface area (Å²) in [6.45, 7) is 14.6. The van der Waals surface area contributed by atoms with E-state index in [4.69, 9.17) is 4.98 Å². The maximum Gasteiger partial charge on any atom is 0.129 e. The van der Waals surface area contributed by atoms with Crippen LogP contribution >= 0.6 is 0 Å². The van der Waals surface area contributed by atoms with E-state index in [1.165, 1.54) is 6.42 Å². The lowest BCUT2D eigenvalue weighted by Gasteiger charge is -2.42. The number of rotatable bonds is 2. The Morgan fingerprint density at radius 1 is 1.24 bits per heavy atom. The molecule has 0 amide bonds. The van der Waals surface area contributed by atoms with Crippen LogP contribution in [-0.4, -0.2) is 22.7 Å². The first-order valence-corrected chi connectivity index (χ1v) is 8.11. The first-order chi connectivity index (χ1) is 9.72. The Kier molecular flexibility index (Phi) is 4.62. The van der Waals surface area contributed by atoms with E-state index in [-0.39, 0.29) is 12.0 Å². The van der Waals surface area contributed by atoms with Gasteiger partial charge in [-0.3, -0.25) is 0 Å². The number of aromatic nitrogens is 1. The van der Waals surface area contributed by atoms with Crippen molar-refractivity contribution in [2.45, 2.75) is 66.0 Å². The first kappa shape index (κ1) is 16.3. The van der Waals surface area contributed by atoms with Crippen molar-refractivity contribution in [1.29, 1.82) is 0 Å². The zero-order valence-electron chi connectivity index (χ0n) is 14.3. The van der Waals surface area contributed by atoms with E-state index in [1.807, 2.05) is 6.07 Å². The van der Waals surface area contributed by atoms with E-state index in [0.29, 0.717) is 17.9 Å². The summed E-state index contributed by atoms with van der Waals surface area (Å²) in [5.41, 5.74) is 2.01. The van der Waals surface area contributed by atoms with E-state index in [9.17, 15) is 5.11 Å². The molecule has 1 aliphatic rings. The Bertz CT molecular complexity index is 492. The Balaban J connectivity index is 2.42. The lowest BCUT2D eigenvalue weighted by molar-refractivity contribution is 0.280. The third-order valence-electron chi connectivity index (χ3n) is 4.71. The average molecular weight is 290 g/mol. The fraction of sp³-hybridized carbons (Fsp3) is 0.722. The number of aliphatic hydroxyl groups excluding tert-OH is 1. The van der Waals surface area contributed by atoms with Crippen LogP contribution < -0.4 is 4.90 Å². The molecule has 0 saturated carbocycles. The van der Waals surface area contributed by atoms with Crippen molar-refractivity contribution >= 4 is 5.82 Å². The minimum Gasteiger partial charge on any atom is -0.392 e. The van der Waals surface area contributed by atoms with Crippen LogP contribution in [0, 0.1) is 11.8 Å². The van der Waals surface area contributed by atoms with Crippen LogP contribution in [0.5, 0.6) is 0 Å². The summed E-state index contributed by atoms with van der Waals surface area (Å²) in [5.74, 6) is 2.39. The van der Waals surface area contributed by atoms with E-state index in [1.54, 1.807) is 0 Å². The highest BCUT2D eigenvalue weighted by atomic mass is 16.3. The van der Waals surface area contributed by atoms with Crippen molar-refractivity contribution in [2.75, 3.05) is 11.4 Å². The molecule has 0 aliphatic carbocycles. The van der Waals surface area contributed by atoms with Gasteiger partial charge in [-0.15, -0.1) is 0 Å². The number of anilines is 1. The predicted octanol–water partition coefficient (Wildman–Crippen LogP) is 3.74. The molecule has 21 heavy (non-hydrogen) atoms. The van der Waals surface area contributed by atoms with Gasteiger partial charge in [0.05, 0.1) is 6.61 Å². The fourth-order valence-electron chi connectivity index (χ4n) is 3.21. The number of nitrogens with zero attached hydrogens (tertiary/aromatic N) is 2. The Morgan fingerprint density at radius 2 is 1.90 bits per heavy atom. The maximum atomic E-state index is 9.57. The highest BCUT2D eigenvalue weighted by Gasteiger charge is 2.30. The van der Waals surface area contributed by atoms with Crippen LogP contribution in [0.4, 0.5) is 5.82 Å². The summed E-state index contributed by atoms with van der Waals surface area (Å²) in [4.78, 5) is 7.33. The van der Waals surface area contributed by atoms with Gasteiger partial charge in [0.25, 0.3) is 0 Å². The molecule has 0 radical (unpaired) electrons. The number of pyridine rings is 1. The summed E-state index contributed by atoms with van der Waals surface area (Å²) in [6.07, 6.45) is 1.28. The second-order valence-corrected chi connectivity index (χ2v) is 7.84. The SMILES string of the molecule is CC1CC(C)C(C)N(c2cc(CO)cc(C(C)(C)C)n2)C1. The number of piperidine rings is 1. The van der Waals surface area contributed by atoms with Crippen molar-refractivity contribution in [3.8, 4) is 0 Å². The quantitative estimate of drug-likeness (QED) is 0.901. The molecule has 118 valence electrons. The molecule has 3 unspecified atom stereocenters. The van der Waals surface area contributed by atoms with E-state index < -0.39 is 0 Å². The number of hydrogen-bond acceptors (Lipinski definition) is 3. The Morgan fingerprint density at radius 3 is 2.48 bits per heavy atom. The maximum absolute atomic E-state index is 9.57. The fourth-order valence-corrected chi connectivity index (χ4v) is 3.21. The molecule has 0 spiro atoms. The van der Waals surface area contributed by atoms with Crippen molar-refractivity contribution in [3.05, 3.63) is 23.4 Å². The van der Waals surface area contributed by atoms with Gasteiger partial charge in [-0.25, -0.2) is 4.98 Å². The van der Waals surface area contributed by atoms with Crippen molar-refractivity contribution in [1.82, 2.24) is 4.98 Å². The largest absolute Gasteiger partial charge is 0.392 e. The molecule has 1 aromatic heterocycles. The van der Waals surface area contributed by atoms with Gasteiger partial charge in [-0.2, -0.15) is 0 Å². The molecular weight excluding hydrogens is 260 g/mol. The van der Waals surface area contributed by atoms with E-state index in [0.717, 1.165) is 23.6 Å². The van der Waals surface area contributed by atoms with Crippen molar-refractivity contribution in [3.63, 3.8) is 0 Å². The number of aliphatic hydroxyl groups is 1. The molecule has 1 aliphatic heterocycles. The molecule has 0 aromatic carbocycles. The average Bonchev–Trinajstić information content (AvgIpc) is 2.41. The molecule has 1 N–H and O–H groups in total. The van der Waals surface area contributed by atoms with Crippen LogP contribution in [0.1, 0.15) is 59.2 Å². The van der Waals surface area contributed by atoms with Crippen LogP contribution in [0.15, 0.2) is 12.1 Å². The molecule has 2 heterocycles. The van der Waals surface area contributed by atoms with Crippen molar-refractivity contribution < 1.29 is 5.11 Å². The van der Waals surface area contributed by atoms with Gasteiger partial charge in [0.15, 0.2) is 0 Å². The number of hydrogen-bond donors (Lipinski definition) is 1. The second kappa shape index (κ2) is 5.96. The summed E-state index contributed by atoms with van der Waals surface area (Å²) < 4.78 is 0. The molecule has 3 atom stereocenters. The smallest absolute Gasteiger partial charge is 0.129 e. The zero-order valence-corrected chi connectivity index (χ0v) is 14.3. The highest BCUT2D eigenvalue weighted by molar-refractivity contribution is 5.45. The van der Waals surface area contributed by atoms with Crippen LogP contribution in [0.2, 0.25) is 0 Å². The van der Waals surface area contributed by atoms with Gasteiger partial charge in [-0.05, 0) is 42.9 Å². The van der Waals surface area contributed by atoms with Gasteiger partial charge in [-0.1, -0.05) is 34.6 Å². The van der Waals surface area contributed by atoms with Crippen molar-refractivity contribution in [2.24, 2.45) is 11.8 Å². The minimum absolute atomic E-state index is 0.00378. The van der Waals surface area contributed by atoms with Crippen LogP contribution in [0.3, 0.4) is 0 Å². The van der Waals surface area contributed by atoms with Crippen LogP contribution in [-0.2, 0) is 12.0 Å². The van der Waals surface area contributed by atoms with Gasteiger partial charge in [0, 0.05) is 23.7 Å². The monoisotopic (exact) mass is 290 g/mol. The molecule has 0 bridgehead atoms. The molecule has 1 saturated heterocycles. The normalized spacial score (nSPS) is 27.0. The third-order valence-corrected chi connectivity index (χ3v) is 4.71. The summed E-state index contributed by atoms with van der Waals surface area (Å²) in [6, 6.07) is 4.58. The topological polar surface area (TPSA) is 36.4 Å². The predicted molar refractivity (Wildman–Crippen MR) is 88.6 cm³/mol. The first-order valence-electron chi connectivity index (χ1n) is 8.11. The van der Waals surface area contributed by atoms with Gasteiger partial charge in [0.1, 0.15) is 5.82 Å². The third kappa shape index (κ3) is 3.57. The molecule has 1 fully saturated rings. The summed E-state index contributed by atoms with van der Waals surface area (Å²) in [7, 11) is 0. The lowest BCUT2D eigenvalue weighted by Crippen LogP contribution is -2.46. The summed E-state index contributed by atoms with van der Waals surface area (Å²) >= 11 is 0. The Hall–Kier alpha value is -1.09. The van der Waals surface area contributed by atoms with Gasteiger partial charge < -0.3 is 10.0 Å². The molecule has 2 rings (SSSR count). The van der Waals surface area contributed by atoms with E-state index >= 15 is 0 Å². The highest BCUT2D eigenvalue weighted by Crippen LogP contribution is 2.32. The van der Waals surface area contributed by atoms with Gasteiger partial charge >= 0.3 is 0 Å². The van der Waals surface area contributed by atoms with Gasteiger partial charge in [0.2, 0.25) is 0 Å². The molecule has 1 aromatic rings. The molecule has 3 nitrogen and oxygen atoms in total. The van der Waals surface area contributed by atoms with E-state index in [2.05, 4.69) is 52.5 Å². The minimum atomic E-state index is -0.00378. The lowest BCUT2D eigenvalue weighted by atomic mass is 9.85. The molecule has 3 heteroatoms. The Labute approximate surface area is 129 Å². The zero-order chi connectivity index (χ0) is 15.8.